The zero-order chi connectivity index (χ0) is 27.7. The molecule has 37 heavy (non-hydrogen) atoms. The number of hydrogen-bond acceptors (Lipinski definition) is 7. The SMILES string of the molecule is CC(NC(=O)C(N)CC(=O)O)C(=O)NC(CCC(N)=O)C(=O)NC(Cc1c[nH]c2ccccc12)C(=O)O. The molecule has 2 aromatic rings. The Labute approximate surface area is 211 Å². The molecule has 0 spiro atoms. The Hall–Kier alpha value is -4.46. The third-order valence-electron chi connectivity index (χ3n) is 5.51. The molecule has 10 N–H and O–H groups in total. The molecule has 0 radical (unpaired) electrons. The minimum atomic E-state index is -1.40. The van der Waals surface area contributed by atoms with E-state index in [1.54, 1.807) is 18.3 Å². The molecule has 0 saturated carbocycles. The largest absolute Gasteiger partial charge is 0.481 e. The molecule has 0 aliphatic carbocycles. The highest BCUT2D eigenvalue weighted by atomic mass is 16.4. The zero-order valence-corrected chi connectivity index (χ0v) is 20.0. The van der Waals surface area contributed by atoms with Crippen LogP contribution in [-0.2, 0) is 35.2 Å². The number of aromatic amines is 1. The van der Waals surface area contributed by atoms with Crippen molar-refractivity contribution in [2.75, 3.05) is 0 Å². The fourth-order valence-electron chi connectivity index (χ4n) is 3.51. The van der Waals surface area contributed by atoms with Gasteiger partial charge < -0.3 is 42.6 Å². The molecule has 0 bridgehead atoms. The molecule has 0 aliphatic rings. The number of rotatable bonds is 14. The summed E-state index contributed by atoms with van der Waals surface area (Å²) in [6.07, 6.45) is 0.402. The van der Waals surface area contributed by atoms with Crippen molar-refractivity contribution in [1.29, 1.82) is 0 Å². The van der Waals surface area contributed by atoms with Crippen molar-refractivity contribution in [3.63, 3.8) is 0 Å². The number of carbonyl (C=O) groups excluding carboxylic acids is 4. The maximum atomic E-state index is 13.0. The average Bonchev–Trinajstić information content (AvgIpc) is 3.23. The number of carbonyl (C=O) groups is 6. The number of aromatic nitrogens is 1. The fraction of sp³-hybridized carbons (Fsp3) is 0.391. The molecule has 200 valence electrons. The molecule has 4 amide bonds. The van der Waals surface area contributed by atoms with Gasteiger partial charge in [-0.3, -0.25) is 24.0 Å². The highest BCUT2D eigenvalue weighted by molar-refractivity contribution is 5.95. The Morgan fingerprint density at radius 1 is 0.946 bits per heavy atom. The van der Waals surface area contributed by atoms with Crippen molar-refractivity contribution < 1.29 is 39.0 Å². The van der Waals surface area contributed by atoms with Crippen LogP contribution in [0.25, 0.3) is 10.9 Å². The number of nitrogens with two attached hydrogens (primary N) is 2. The van der Waals surface area contributed by atoms with E-state index in [4.69, 9.17) is 16.6 Å². The fourth-order valence-corrected chi connectivity index (χ4v) is 3.51. The molecule has 14 nitrogen and oxygen atoms in total. The van der Waals surface area contributed by atoms with E-state index in [1.165, 1.54) is 6.92 Å². The number of amides is 4. The first kappa shape index (κ1) is 28.8. The summed E-state index contributed by atoms with van der Waals surface area (Å²) in [6, 6.07) is 1.89. The number of nitrogens with one attached hydrogen (secondary N) is 4. The topological polar surface area (TPSA) is 247 Å². The summed E-state index contributed by atoms with van der Waals surface area (Å²) in [5.41, 5.74) is 12.1. The van der Waals surface area contributed by atoms with Gasteiger partial charge >= 0.3 is 11.9 Å². The van der Waals surface area contributed by atoms with E-state index in [0.717, 1.165) is 10.9 Å². The van der Waals surface area contributed by atoms with Crippen LogP contribution in [0.5, 0.6) is 0 Å². The third-order valence-corrected chi connectivity index (χ3v) is 5.51. The molecular weight excluding hydrogens is 488 g/mol. The van der Waals surface area contributed by atoms with Crippen LogP contribution in [-0.4, -0.2) is 74.9 Å². The molecule has 1 aromatic carbocycles. The Kier molecular flexibility index (Phi) is 10.1. The maximum Gasteiger partial charge on any atom is 0.326 e. The van der Waals surface area contributed by atoms with Crippen molar-refractivity contribution in [1.82, 2.24) is 20.9 Å². The van der Waals surface area contributed by atoms with Crippen molar-refractivity contribution in [3.05, 3.63) is 36.0 Å². The van der Waals surface area contributed by atoms with Crippen LogP contribution < -0.4 is 27.4 Å². The van der Waals surface area contributed by atoms with Crippen LogP contribution in [0.4, 0.5) is 0 Å². The van der Waals surface area contributed by atoms with E-state index in [1.807, 2.05) is 12.1 Å². The maximum absolute atomic E-state index is 13.0. The van der Waals surface area contributed by atoms with Crippen LogP contribution in [0.2, 0.25) is 0 Å². The molecule has 0 aliphatic heterocycles. The number of benzene rings is 1. The first-order valence-corrected chi connectivity index (χ1v) is 11.3. The Bertz CT molecular complexity index is 1180. The van der Waals surface area contributed by atoms with E-state index in [-0.39, 0.29) is 19.3 Å². The second-order valence-corrected chi connectivity index (χ2v) is 8.46. The molecule has 4 unspecified atom stereocenters. The molecule has 0 saturated heterocycles. The zero-order valence-electron chi connectivity index (χ0n) is 20.0. The van der Waals surface area contributed by atoms with Crippen LogP contribution in [0.15, 0.2) is 30.5 Å². The smallest absolute Gasteiger partial charge is 0.326 e. The van der Waals surface area contributed by atoms with E-state index < -0.39 is 66.2 Å². The summed E-state index contributed by atoms with van der Waals surface area (Å²) in [5.74, 6) is -5.98. The Morgan fingerprint density at radius 3 is 2.22 bits per heavy atom. The molecule has 1 heterocycles. The predicted octanol–water partition coefficient (Wildman–Crippen LogP) is -1.66. The molecule has 4 atom stereocenters. The summed E-state index contributed by atoms with van der Waals surface area (Å²) in [6.45, 7) is 1.28. The lowest BCUT2D eigenvalue weighted by atomic mass is 10.0. The number of H-pyrrole nitrogens is 1. The van der Waals surface area contributed by atoms with Gasteiger partial charge in [0.15, 0.2) is 0 Å². The van der Waals surface area contributed by atoms with Crippen molar-refractivity contribution in [3.8, 4) is 0 Å². The Morgan fingerprint density at radius 2 is 1.59 bits per heavy atom. The van der Waals surface area contributed by atoms with E-state index in [9.17, 15) is 33.9 Å². The van der Waals surface area contributed by atoms with E-state index >= 15 is 0 Å². The number of carboxylic acids is 2. The van der Waals surface area contributed by atoms with Gasteiger partial charge in [-0.25, -0.2) is 4.79 Å². The highest BCUT2D eigenvalue weighted by Crippen LogP contribution is 2.19. The van der Waals surface area contributed by atoms with Crippen molar-refractivity contribution >= 4 is 46.5 Å². The Balaban J connectivity index is 2.10. The van der Waals surface area contributed by atoms with Gasteiger partial charge in [0.05, 0.1) is 12.5 Å². The van der Waals surface area contributed by atoms with Crippen LogP contribution in [0.1, 0.15) is 31.7 Å². The average molecular weight is 519 g/mol. The van der Waals surface area contributed by atoms with Gasteiger partial charge in [-0.2, -0.15) is 0 Å². The quantitative estimate of drug-likeness (QED) is 0.142. The van der Waals surface area contributed by atoms with Gasteiger partial charge in [0, 0.05) is 29.9 Å². The van der Waals surface area contributed by atoms with Crippen LogP contribution in [0, 0.1) is 0 Å². The van der Waals surface area contributed by atoms with E-state index in [2.05, 4.69) is 20.9 Å². The standard InChI is InChI=1S/C23H30N6O8/c1-11(27-21(34)14(24)9-19(31)32)20(33)28-16(6-7-18(25)30)22(35)29-17(23(36)37)8-12-10-26-15-5-3-2-4-13(12)15/h2-5,10-11,14,16-17,26H,6-9,24H2,1H3,(H2,25,30)(H,27,34)(H,28,33)(H,29,35)(H,31,32)(H,36,37). The summed E-state index contributed by atoms with van der Waals surface area (Å²) in [7, 11) is 0. The van der Waals surface area contributed by atoms with Gasteiger partial charge in [0.2, 0.25) is 23.6 Å². The van der Waals surface area contributed by atoms with Gasteiger partial charge in [-0.15, -0.1) is 0 Å². The number of carboxylic acid groups (broad SMARTS) is 2. The van der Waals surface area contributed by atoms with E-state index in [0.29, 0.717) is 5.56 Å². The summed E-state index contributed by atoms with van der Waals surface area (Å²) in [4.78, 5) is 74.5. The van der Waals surface area contributed by atoms with Crippen molar-refractivity contribution in [2.24, 2.45) is 11.5 Å². The molecular formula is C23H30N6O8. The van der Waals surface area contributed by atoms with Gasteiger partial charge in [0.1, 0.15) is 18.1 Å². The lowest BCUT2D eigenvalue weighted by molar-refractivity contribution is -0.142. The highest BCUT2D eigenvalue weighted by Gasteiger charge is 2.29. The lowest BCUT2D eigenvalue weighted by Gasteiger charge is -2.23. The second kappa shape index (κ2) is 13.0. The first-order valence-electron chi connectivity index (χ1n) is 11.3. The number of hydrogen-bond donors (Lipinski definition) is 8. The minimum absolute atomic E-state index is 0.0600. The number of aliphatic carboxylic acids is 2. The van der Waals surface area contributed by atoms with Gasteiger partial charge in [0.25, 0.3) is 0 Å². The minimum Gasteiger partial charge on any atom is -0.481 e. The normalized spacial score (nSPS) is 14.1. The number of para-hydroxylation sites is 1. The monoisotopic (exact) mass is 518 g/mol. The second-order valence-electron chi connectivity index (χ2n) is 8.46. The van der Waals surface area contributed by atoms with Gasteiger partial charge in [-0.1, -0.05) is 18.2 Å². The van der Waals surface area contributed by atoms with Crippen LogP contribution in [0.3, 0.4) is 0 Å². The lowest BCUT2D eigenvalue weighted by Crippen LogP contribution is -2.56. The molecule has 14 heteroatoms. The summed E-state index contributed by atoms with van der Waals surface area (Å²) in [5, 5.41) is 26.2. The predicted molar refractivity (Wildman–Crippen MR) is 130 cm³/mol. The first-order chi connectivity index (χ1) is 17.4. The number of primary amides is 1. The summed E-state index contributed by atoms with van der Waals surface area (Å²) >= 11 is 0. The number of fused-ring (bicyclic) bond motifs is 1. The van der Waals surface area contributed by atoms with Crippen LogP contribution >= 0.6 is 0 Å². The summed E-state index contributed by atoms with van der Waals surface area (Å²) < 4.78 is 0. The third kappa shape index (κ3) is 8.61. The molecule has 0 fully saturated rings. The molecule has 1 aromatic heterocycles. The molecule has 2 rings (SSSR count). The van der Waals surface area contributed by atoms with Gasteiger partial charge in [-0.05, 0) is 25.0 Å². The van der Waals surface area contributed by atoms with Crippen molar-refractivity contribution in [2.45, 2.75) is 56.8 Å².